The van der Waals surface area contributed by atoms with Gasteiger partial charge in [0.25, 0.3) is 5.56 Å². The molecule has 2 heterocycles. The first-order valence-electron chi connectivity index (χ1n) is 10.7. The predicted octanol–water partition coefficient (Wildman–Crippen LogP) is 2.52. The van der Waals surface area contributed by atoms with Gasteiger partial charge in [0.2, 0.25) is 5.95 Å². The fourth-order valence-electron chi connectivity index (χ4n) is 3.62. The van der Waals surface area contributed by atoms with E-state index >= 15 is 0 Å². The molecule has 0 aliphatic heterocycles. The Balaban J connectivity index is 1.68. The van der Waals surface area contributed by atoms with Gasteiger partial charge in [-0.3, -0.25) is 13.9 Å². The summed E-state index contributed by atoms with van der Waals surface area (Å²) in [5.74, 6) is 1.18. The van der Waals surface area contributed by atoms with E-state index in [-0.39, 0.29) is 0 Å². The molecule has 0 saturated carbocycles. The van der Waals surface area contributed by atoms with Crippen molar-refractivity contribution in [3.05, 3.63) is 86.6 Å². The Bertz CT molecular complexity index is 1400. The fourth-order valence-corrected chi connectivity index (χ4v) is 3.62. The maximum Gasteiger partial charge on any atom is 0.332 e. The number of anilines is 1. The highest BCUT2D eigenvalue weighted by Crippen LogP contribution is 2.17. The van der Waals surface area contributed by atoms with Crippen LogP contribution in [0.5, 0.6) is 5.75 Å². The molecule has 2 aromatic carbocycles. The van der Waals surface area contributed by atoms with E-state index in [2.05, 4.69) is 15.5 Å². The Morgan fingerprint density at radius 1 is 1.03 bits per heavy atom. The zero-order valence-corrected chi connectivity index (χ0v) is 18.9. The van der Waals surface area contributed by atoms with Crippen molar-refractivity contribution in [1.82, 2.24) is 18.7 Å². The van der Waals surface area contributed by atoms with E-state index < -0.39 is 11.2 Å². The van der Waals surface area contributed by atoms with Crippen molar-refractivity contribution < 1.29 is 4.74 Å². The van der Waals surface area contributed by atoms with E-state index in [1.54, 1.807) is 17.8 Å². The number of fused-ring (bicyclic) bond motifs is 1. The van der Waals surface area contributed by atoms with Crippen LogP contribution in [-0.2, 0) is 27.1 Å². The lowest BCUT2D eigenvalue weighted by Gasteiger charge is -2.09. The number of rotatable bonds is 8. The molecule has 9 nitrogen and oxygen atoms in total. The number of nitrogens with one attached hydrogen (secondary N) is 1. The zero-order valence-electron chi connectivity index (χ0n) is 18.9. The molecule has 0 aliphatic rings. The van der Waals surface area contributed by atoms with Crippen LogP contribution in [-0.4, -0.2) is 31.5 Å². The molecule has 0 spiro atoms. The summed E-state index contributed by atoms with van der Waals surface area (Å²) in [6.45, 7) is 3.04. The third-order valence-corrected chi connectivity index (χ3v) is 5.38. The molecule has 0 saturated heterocycles. The van der Waals surface area contributed by atoms with Crippen LogP contribution < -0.4 is 21.4 Å². The number of imidazole rings is 1. The summed E-state index contributed by atoms with van der Waals surface area (Å²) in [6, 6.07) is 17.5. The van der Waals surface area contributed by atoms with Crippen LogP contribution in [0.25, 0.3) is 11.2 Å². The van der Waals surface area contributed by atoms with Crippen molar-refractivity contribution in [2.45, 2.75) is 19.9 Å². The number of hydrogen-bond acceptors (Lipinski definition) is 6. The first-order valence-corrected chi connectivity index (χ1v) is 10.7. The Labute approximate surface area is 190 Å². The van der Waals surface area contributed by atoms with Crippen molar-refractivity contribution >= 4 is 23.3 Å². The second-order valence-corrected chi connectivity index (χ2v) is 7.57. The Morgan fingerprint density at radius 2 is 1.76 bits per heavy atom. The number of hydrazone groups is 1. The van der Waals surface area contributed by atoms with E-state index in [0.717, 1.165) is 21.4 Å². The summed E-state index contributed by atoms with van der Waals surface area (Å²) in [4.78, 5) is 29.9. The molecule has 4 rings (SSSR count). The first kappa shape index (κ1) is 22.1. The number of aryl methyl sites for hydroxylation is 3. The topological polar surface area (TPSA) is 95.4 Å². The van der Waals surface area contributed by atoms with Gasteiger partial charge in [-0.05, 0) is 48.7 Å². The van der Waals surface area contributed by atoms with Crippen LogP contribution in [0, 0.1) is 0 Å². The molecule has 0 atom stereocenters. The smallest absolute Gasteiger partial charge is 0.332 e. The highest BCUT2D eigenvalue weighted by atomic mass is 16.5. The van der Waals surface area contributed by atoms with Crippen molar-refractivity contribution in [3.8, 4) is 5.75 Å². The van der Waals surface area contributed by atoms with Crippen LogP contribution in [0.2, 0.25) is 0 Å². The lowest BCUT2D eigenvalue weighted by Crippen LogP contribution is -2.37. The van der Waals surface area contributed by atoms with Crippen LogP contribution in [0.1, 0.15) is 18.1 Å². The van der Waals surface area contributed by atoms with Gasteiger partial charge in [-0.1, -0.05) is 30.3 Å². The summed E-state index contributed by atoms with van der Waals surface area (Å²) in [6.07, 6.45) is 2.35. The number of ether oxygens (including phenoxy) is 1. The lowest BCUT2D eigenvalue weighted by molar-refractivity contribution is 0.340. The van der Waals surface area contributed by atoms with Crippen molar-refractivity contribution in [3.63, 3.8) is 0 Å². The average molecular weight is 447 g/mol. The quantitative estimate of drug-likeness (QED) is 0.332. The van der Waals surface area contributed by atoms with E-state index in [0.29, 0.717) is 36.7 Å². The molecule has 1 N–H and O–H groups in total. The molecular weight excluding hydrogens is 420 g/mol. The predicted molar refractivity (Wildman–Crippen MR) is 129 cm³/mol. The summed E-state index contributed by atoms with van der Waals surface area (Å²) < 4.78 is 9.70. The van der Waals surface area contributed by atoms with E-state index in [9.17, 15) is 9.59 Å². The molecule has 2 aromatic heterocycles. The van der Waals surface area contributed by atoms with Crippen molar-refractivity contribution in [1.29, 1.82) is 0 Å². The number of benzene rings is 2. The number of nitrogens with zero attached hydrogens (tertiary/aromatic N) is 5. The van der Waals surface area contributed by atoms with E-state index in [1.165, 1.54) is 11.6 Å². The third kappa shape index (κ3) is 4.57. The first-order chi connectivity index (χ1) is 16.0. The zero-order chi connectivity index (χ0) is 23.4. The lowest BCUT2D eigenvalue weighted by atomic mass is 10.1. The van der Waals surface area contributed by atoms with Gasteiger partial charge >= 0.3 is 5.69 Å². The van der Waals surface area contributed by atoms with Gasteiger partial charge in [0, 0.05) is 20.6 Å². The van der Waals surface area contributed by atoms with E-state index in [1.807, 2.05) is 61.5 Å². The molecule has 170 valence electrons. The van der Waals surface area contributed by atoms with Gasteiger partial charge in [-0.15, -0.1) is 0 Å². The molecule has 9 heteroatoms. The standard InChI is InChI=1S/C24H26N6O3/c1-4-33-19-12-10-18(11-13-19)16-25-27-23-26-21-20(22(31)29(3)24(32)28(21)2)30(23)15-14-17-8-6-5-7-9-17/h5-13,16H,4,14-15H2,1-3H3,(H,26,27)/b25-16+. The van der Waals surface area contributed by atoms with Crippen molar-refractivity contribution in [2.75, 3.05) is 12.0 Å². The third-order valence-electron chi connectivity index (χ3n) is 5.38. The molecular formula is C24H26N6O3. The SMILES string of the molecule is CCOc1ccc(/C=N/Nc2nc3c(c(=O)n(C)c(=O)n3C)n2CCc2ccccc2)cc1. The van der Waals surface area contributed by atoms with Crippen LogP contribution in [0.4, 0.5) is 5.95 Å². The maximum atomic E-state index is 12.9. The summed E-state index contributed by atoms with van der Waals surface area (Å²) in [5.41, 5.74) is 4.81. The molecule has 33 heavy (non-hydrogen) atoms. The number of aromatic nitrogens is 4. The average Bonchev–Trinajstić information content (AvgIpc) is 3.20. The minimum atomic E-state index is -0.426. The molecule has 0 aliphatic carbocycles. The summed E-state index contributed by atoms with van der Waals surface area (Å²) >= 11 is 0. The molecule has 0 radical (unpaired) electrons. The maximum absolute atomic E-state index is 12.9. The van der Waals surface area contributed by atoms with Gasteiger partial charge < -0.3 is 9.30 Å². The molecule has 0 unspecified atom stereocenters. The Kier molecular flexibility index (Phi) is 6.39. The Morgan fingerprint density at radius 3 is 2.45 bits per heavy atom. The minimum Gasteiger partial charge on any atom is -0.494 e. The largest absolute Gasteiger partial charge is 0.494 e. The molecule has 0 bridgehead atoms. The summed E-state index contributed by atoms with van der Waals surface area (Å²) in [7, 11) is 3.07. The highest BCUT2D eigenvalue weighted by Gasteiger charge is 2.19. The second-order valence-electron chi connectivity index (χ2n) is 7.57. The monoisotopic (exact) mass is 446 g/mol. The molecule has 0 fully saturated rings. The molecule has 0 amide bonds. The van der Waals surface area contributed by atoms with Gasteiger partial charge in [0.05, 0.1) is 12.8 Å². The van der Waals surface area contributed by atoms with Crippen molar-refractivity contribution in [2.24, 2.45) is 19.2 Å². The van der Waals surface area contributed by atoms with Gasteiger partial charge in [0.15, 0.2) is 11.2 Å². The van der Waals surface area contributed by atoms with E-state index in [4.69, 9.17) is 4.74 Å². The van der Waals surface area contributed by atoms with Gasteiger partial charge in [0.1, 0.15) is 5.75 Å². The minimum absolute atomic E-state index is 0.315. The Hall–Kier alpha value is -4.14. The highest BCUT2D eigenvalue weighted by molar-refractivity contribution is 5.80. The van der Waals surface area contributed by atoms with Crippen LogP contribution >= 0.6 is 0 Å². The van der Waals surface area contributed by atoms with Crippen LogP contribution in [0.3, 0.4) is 0 Å². The normalized spacial score (nSPS) is 11.4. The fraction of sp³-hybridized carbons (Fsp3) is 0.250. The molecule has 4 aromatic rings. The summed E-state index contributed by atoms with van der Waals surface area (Å²) in [5, 5.41) is 4.31. The van der Waals surface area contributed by atoms with Gasteiger partial charge in [-0.25, -0.2) is 10.2 Å². The second kappa shape index (κ2) is 9.56. The van der Waals surface area contributed by atoms with Gasteiger partial charge in [-0.2, -0.15) is 10.1 Å². The van der Waals surface area contributed by atoms with Crippen LogP contribution in [0.15, 0.2) is 69.3 Å². The number of hydrogen-bond donors (Lipinski definition) is 1.